The van der Waals surface area contributed by atoms with Gasteiger partial charge in [0.05, 0.1) is 6.10 Å². The van der Waals surface area contributed by atoms with E-state index in [4.69, 9.17) is 0 Å². The Bertz CT molecular complexity index is 252. The second kappa shape index (κ2) is 4.16. The maximum absolute atomic E-state index is 12.9. The summed E-state index contributed by atoms with van der Waals surface area (Å²) in [4.78, 5) is 3.77. The van der Waals surface area contributed by atoms with Crippen LogP contribution in [0.15, 0.2) is 18.3 Å². The van der Waals surface area contributed by atoms with E-state index in [2.05, 4.69) is 4.98 Å². The third-order valence-corrected chi connectivity index (χ3v) is 1.66. The Morgan fingerprint density at radius 1 is 1.67 bits per heavy atom. The molecule has 3 heteroatoms. The summed E-state index contributed by atoms with van der Waals surface area (Å²) in [5.74, 6) is -0.432. The highest BCUT2D eigenvalue weighted by Gasteiger charge is 2.11. The zero-order chi connectivity index (χ0) is 8.97. The van der Waals surface area contributed by atoms with Gasteiger partial charge in [0.2, 0.25) is 0 Å². The van der Waals surface area contributed by atoms with E-state index in [0.29, 0.717) is 6.42 Å². The molecule has 0 aromatic carbocycles. The second-order valence-electron chi connectivity index (χ2n) is 2.67. The molecule has 1 unspecified atom stereocenters. The number of hydrogen-bond donors (Lipinski definition) is 1. The molecule has 1 atom stereocenters. The fraction of sp³-hybridized carbons (Fsp3) is 0.444. The summed E-state index contributed by atoms with van der Waals surface area (Å²) in [5, 5.41) is 9.40. The minimum absolute atomic E-state index is 0.152. The molecule has 0 amide bonds. The number of rotatable bonds is 3. The van der Waals surface area contributed by atoms with Gasteiger partial charge < -0.3 is 5.11 Å². The number of hydrogen-bond acceptors (Lipinski definition) is 2. The molecule has 0 aliphatic carbocycles. The van der Waals surface area contributed by atoms with Crippen LogP contribution in [-0.2, 0) is 0 Å². The van der Waals surface area contributed by atoms with Crippen LogP contribution in [0.2, 0.25) is 0 Å². The maximum Gasteiger partial charge on any atom is 0.147 e. The van der Waals surface area contributed by atoms with Gasteiger partial charge in [-0.1, -0.05) is 13.3 Å². The first-order valence-electron chi connectivity index (χ1n) is 4.04. The van der Waals surface area contributed by atoms with Crippen molar-refractivity contribution in [2.24, 2.45) is 0 Å². The van der Waals surface area contributed by atoms with E-state index >= 15 is 0 Å². The summed E-state index contributed by atoms with van der Waals surface area (Å²) in [6, 6.07) is 2.82. The SMILES string of the molecule is CCCC(O)c1ncccc1F. The minimum atomic E-state index is -0.767. The molecule has 0 saturated carbocycles. The van der Waals surface area contributed by atoms with Crippen LogP contribution < -0.4 is 0 Å². The predicted molar refractivity (Wildman–Crippen MR) is 44.1 cm³/mol. The first-order chi connectivity index (χ1) is 5.75. The standard InChI is InChI=1S/C9H12FNO/c1-2-4-8(12)9-7(10)5-3-6-11-9/h3,5-6,8,12H,2,4H2,1H3. The average Bonchev–Trinajstić information content (AvgIpc) is 2.05. The van der Waals surface area contributed by atoms with Crippen molar-refractivity contribution in [1.29, 1.82) is 0 Å². The molecule has 1 aromatic rings. The number of aliphatic hydroxyl groups is 1. The fourth-order valence-electron chi connectivity index (χ4n) is 1.05. The highest BCUT2D eigenvalue weighted by molar-refractivity contribution is 5.09. The molecule has 1 heterocycles. The summed E-state index contributed by atoms with van der Waals surface area (Å²) in [6.45, 7) is 1.93. The van der Waals surface area contributed by atoms with E-state index in [-0.39, 0.29) is 5.69 Å². The largest absolute Gasteiger partial charge is 0.387 e. The average molecular weight is 169 g/mol. The van der Waals surface area contributed by atoms with Gasteiger partial charge in [-0.05, 0) is 18.6 Å². The number of pyridine rings is 1. The Kier molecular flexibility index (Phi) is 3.17. The number of aromatic nitrogens is 1. The predicted octanol–water partition coefficient (Wildman–Crippen LogP) is 2.05. The zero-order valence-corrected chi connectivity index (χ0v) is 7.00. The Morgan fingerprint density at radius 2 is 2.42 bits per heavy atom. The van der Waals surface area contributed by atoms with Crippen molar-refractivity contribution in [3.05, 3.63) is 29.8 Å². The molecule has 0 saturated heterocycles. The van der Waals surface area contributed by atoms with Crippen molar-refractivity contribution in [1.82, 2.24) is 4.98 Å². The third-order valence-electron chi connectivity index (χ3n) is 1.66. The van der Waals surface area contributed by atoms with Crippen LogP contribution in [0.1, 0.15) is 31.6 Å². The van der Waals surface area contributed by atoms with E-state index < -0.39 is 11.9 Å². The lowest BCUT2D eigenvalue weighted by Gasteiger charge is -2.08. The Labute approximate surface area is 71.1 Å². The van der Waals surface area contributed by atoms with Gasteiger partial charge >= 0.3 is 0 Å². The van der Waals surface area contributed by atoms with Crippen molar-refractivity contribution < 1.29 is 9.50 Å². The van der Waals surface area contributed by atoms with Crippen LogP contribution in [0.4, 0.5) is 4.39 Å². The first-order valence-corrected chi connectivity index (χ1v) is 4.04. The van der Waals surface area contributed by atoms with Crippen LogP contribution in [0.5, 0.6) is 0 Å². The highest BCUT2D eigenvalue weighted by atomic mass is 19.1. The Balaban J connectivity index is 2.79. The smallest absolute Gasteiger partial charge is 0.147 e. The normalized spacial score (nSPS) is 12.9. The van der Waals surface area contributed by atoms with Crippen LogP contribution in [0, 0.1) is 5.82 Å². The highest BCUT2D eigenvalue weighted by Crippen LogP contribution is 2.17. The van der Waals surface area contributed by atoms with Crippen LogP contribution in [0.25, 0.3) is 0 Å². The van der Waals surface area contributed by atoms with Gasteiger partial charge in [0.1, 0.15) is 11.5 Å². The molecule has 0 fully saturated rings. The lowest BCUT2D eigenvalue weighted by molar-refractivity contribution is 0.156. The van der Waals surface area contributed by atoms with Gasteiger partial charge in [0, 0.05) is 6.20 Å². The summed E-state index contributed by atoms with van der Waals surface area (Å²) in [6.07, 6.45) is 2.08. The van der Waals surface area contributed by atoms with Gasteiger partial charge in [0.25, 0.3) is 0 Å². The zero-order valence-electron chi connectivity index (χ0n) is 7.00. The third kappa shape index (κ3) is 2.01. The molecule has 0 radical (unpaired) electrons. The molecule has 12 heavy (non-hydrogen) atoms. The van der Waals surface area contributed by atoms with E-state index in [0.717, 1.165) is 6.42 Å². The van der Waals surface area contributed by atoms with Gasteiger partial charge in [-0.25, -0.2) is 4.39 Å². The maximum atomic E-state index is 12.9. The lowest BCUT2D eigenvalue weighted by Crippen LogP contribution is -2.02. The summed E-state index contributed by atoms with van der Waals surface area (Å²) < 4.78 is 12.9. The van der Waals surface area contributed by atoms with E-state index in [1.54, 1.807) is 0 Å². The van der Waals surface area contributed by atoms with Gasteiger partial charge in [0.15, 0.2) is 0 Å². The van der Waals surface area contributed by atoms with E-state index in [1.165, 1.54) is 18.3 Å². The van der Waals surface area contributed by atoms with Crippen LogP contribution >= 0.6 is 0 Å². The van der Waals surface area contributed by atoms with Crippen molar-refractivity contribution in [3.63, 3.8) is 0 Å². The molecule has 1 N–H and O–H groups in total. The molecule has 66 valence electrons. The number of aliphatic hydroxyl groups excluding tert-OH is 1. The fourth-order valence-corrected chi connectivity index (χ4v) is 1.05. The van der Waals surface area contributed by atoms with Gasteiger partial charge in [-0.3, -0.25) is 4.98 Å². The van der Waals surface area contributed by atoms with E-state index in [9.17, 15) is 9.50 Å². The second-order valence-corrected chi connectivity index (χ2v) is 2.67. The number of halogens is 1. The molecule has 0 spiro atoms. The summed E-state index contributed by atoms with van der Waals surface area (Å²) >= 11 is 0. The lowest BCUT2D eigenvalue weighted by atomic mass is 10.1. The summed E-state index contributed by atoms with van der Waals surface area (Å²) in [7, 11) is 0. The van der Waals surface area contributed by atoms with E-state index in [1.807, 2.05) is 6.92 Å². The molecule has 1 aromatic heterocycles. The monoisotopic (exact) mass is 169 g/mol. The first kappa shape index (κ1) is 9.13. The van der Waals surface area contributed by atoms with Crippen LogP contribution in [0.3, 0.4) is 0 Å². The molecular weight excluding hydrogens is 157 g/mol. The molecule has 2 nitrogen and oxygen atoms in total. The molecule has 0 bridgehead atoms. The minimum Gasteiger partial charge on any atom is -0.387 e. The van der Waals surface area contributed by atoms with Crippen molar-refractivity contribution >= 4 is 0 Å². The van der Waals surface area contributed by atoms with Crippen molar-refractivity contribution in [2.45, 2.75) is 25.9 Å². The molecule has 0 aliphatic heterocycles. The Hall–Kier alpha value is -0.960. The van der Waals surface area contributed by atoms with Crippen LogP contribution in [-0.4, -0.2) is 10.1 Å². The molecule has 0 aliphatic rings. The van der Waals surface area contributed by atoms with Gasteiger partial charge in [-0.2, -0.15) is 0 Å². The number of nitrogens with zero attached hydrogens (tertiary/aromatic N) is 1. The summed E-state index contributed by atoms with van der Waals surface area (Å²) in [5.41, 5.74) is 0.152. The van der Waals surface area contributed by atoms with Gasteiger partial charge in [-0.15, -0.1) is 0 Å². The Morgan fingerprint density at radius 3 is 3.00 bits per heavy atom. The quantitative estimate of drug-likeness (QED) is 0.751. The van der Waals surface area contributed by atoms with Crippen molar-refractivity contribution in [2.75, 3.05) is 0 Å². The molecular formula is C9H12FNO. The molecule has 1 rings (SSSR count). The van der Waals surface area contributed by atoms with Crippen molar-refractivity contribution in [3.8, 4) is 0 Å². The topological polar surface area (TPSA) is 33.1 Å².